The molecule has 0 atom stereocenters. The first-order valence-electron chi connectivity index (χ1n) is 5.86. The molecule has 0 saturated heterocycles. The fraction of sp³-hybridized carbons (Fsp3) is 0.231. The van der Waals surface area contributed by atoms with Gasteiger partial charge in [0.1, 0.15) is 0 Å². The molecule has 1 aliphatic heterocycles. The van der Waals surface area contributed by atoms with E-state index < -0.39 is 0 Å². The topological polar surface area (TPSA) is 50.3 Å². The number of nitrogens with zero attached hydrogens (tertiary/aromatic N) is 3. The van der Waals surface area contributed by atoms with Gasteiger partial charge in [-0.25, -0.2) is 0 Å². The van der Waals surface area contributed by atoms with Crippen molar-refractivity contribution >= 4 is 17.2 Å². The van der Waals surface area contributed by atoms with Crippen LogP contribution in [0.4, 0.5) is 17.2 Å². The number of hydrogen-bond acceptors (Lipinski definition) is 5. The van der Waals surface area contributed by atoms with E-state index in [9.17, 15) is 0 Å². The van der Waals surface area contributed by atoms with Crippen molar-refractivity contribution in [2.45, 2.75) is 0 Å². The van der Waals surface area contributed by atoms with Gasteiger partial charge in [0.25, 0.3) is 0 Å². The smallest absolute Gasteiger partial charge is 0.233 e. The van der Waals surface area contributed by atoms with Crippen LogP contribution >= 0.6 is 0 Å². The minimum atomic E-state index is 0.530. The molecular weight excluding hydrogens is 228 g/mol. The molecule has 18 heavy (non-hydrogen) atoms. The summed E-state index contributed by atoms with van der Waals surface area (Å²) in [7, 11) is 1.59. The van der Waals surface area contributed by atoms with Gasteiger partial charge in [-0.2, -0.15) is 0 Å². The zero-order valence-corrected chi connectivity index (χ0v) is 10.1. The molecule has 0 unspecified atom stereocenters. The predicted molar refractivity (Wildman–Crippen MR) is 70.5 cm³/mol. The summed E-state index contributed by atoms with van der Waals surface area (Å²) in [5.41, 5.74) is 2.25. The molecule has 1 aromatic carbocycles. The van der Waals surface area contributed by atoms with Gasteiger partial charge in [0, 0.05) is 19.2 Å². The van der Waals surface area contributed by atoms with Gasteiger partial charge >= 0.3 is 0 Å². The molecule has 0 spiro atoms. The molecule has 0 fully saturated rings. The Labute approximate surface area is 105 Å². The summed E-state index contributed by atoms with van der Waals surface area (Å²) >= 11 is 0. The average molecular weight is 242 g/mol. The van der Waals surface area contributed by atoms with Crippen molar-refractivity contribution in [1.82, 2.24) is 10.2 Å². The third kappa shape index (κ3) is 1.84. The Morgan fingerprint density at radius 2 is 2.06 bits per heavy atom. The first kappa shape index (κ1) is 10.8. The van der Waals surface area contributed by atoms with Crippen molar-refractivity contribution in [3.8, 4) is 5.88 Å². The molecule has 5 heteroatoms. The van der Waals surface area contributed by atoms with Gasteiger partial charge in [0.2, 0.25) is 5.88 Å². The number of fused-ring (bicyclic) bond motifs is 1. The number of rotatable bonds is 2. The van der Waals surface area contributed by atoms with E-state index in [0.717, 1.165) is 30.3 Å². The Morgan fingerprint density at radius 3 is 2.83 bits per heavy atom. The molecule has 0 bridgehead atoms. The highest BCUT2D eigenvalue weighted by atomic mass is 16.5. The maximum atomic E-state index is 5.02. The van der Waals surface area contributed by atoms with E-state index in [1.165, 1.54) is 0 Å². The largest absolute Gasteiger partial charge is 0.480 e. The Bertz CT molecular complexity index is 541. The molecule has 1 aromatic heterocycles. The van der Waals surface area contributed by atoms with E-state index in [0.29, 0.717) is 5.88 Å². The highest BCUT2D eigenvalue weighted by Crippen LogP contribution is 2.33. The van der Waals surface area contributed by atoms with Gasteiger partial charge in [-0.1, -0.05) is 12.1 Å². The zero-order valence-electron chi connectivity index (χ0n) is 10.1. The number of benzene rings is 1. The van der Waals surface area contributed by atoms with E-state index in [2.05, 4.69) is 32.5 Å². The van der Waals surface area contributed by atoms with Crippen molar-refractivity contribution in [1.29, 1.82) is 0 Å². The highest BCUT2D eigenvalue weighted by Gasteiger charge is 2.18. The Hall–Kier alpha value is -2.30. The summed E-state index contributed by atoms with van der Waals surface area (Å²) in [5, 5.41) is 11.6. The average Bonchev–Trinajstić information content (AvgIpc) is 2.47. The molecule has 5 nitrogen and oxygen atoms in total. The molecule has 0 aliphatic carbocycles. The fourth-order valence-corrected chi connectivity index (χ4v) is 2.09. The molecule has 3 rings (SSSR count). The number of para-hydroxylation sites is 2. The van der Waals surface area contributed by atoms with E-state index >= 15 is 0 Å². The molecule has 1 N–H and O–H groups in total. The third-order valence-electron chi connectivity index (χ3n) is 2.96. The lowest BCUT2D eigenvalue weighted by molar-refractivity contribution is 0.392. The Morgan fingerprint density at radius 1 is 1.17 bits per heavy atom. The second kappa shape index (κ2) is 4.52. The number of hydrogen-bond donors (Lipinski definition) is 1. The van der Waals surface area contributed by atoms with E-state index in [4.69, 9.17) is 4.74 Å². The lowest BCUT2D eigenvalue weighted by Gasteiger charge is -2.30. The van der Waals surface area contributed by atoms with Crippen molar-refractivity contribution in [3.63, 3.8) is 0 Å². The van der Waals surface area contributed by atoms with Crippen LogP contribution in [0.15, 0.2) is 36.4 Å². The van der Waals surface area contributed by atoms with Crippen molar-refractivity contribution in [2.75, 3.05) is 30.4 Å². The third-order valence-corrected chi connectivity index (χ3v) is 2.96. The summed E-state index contributed by atoms with van der Waals surface area (Å²) in [5.74, 6) is 1.37. The van der Waals surface area contributed by atoms with Crippen LogP contribution in [0.2, 0.25) is 0 Å². The molecule has 1 aliphatic rings. The molecule has 0 amide bonds. The number of nitrogens with one attached hydrogen (secondary N) is 1. The van der Waals surface area contributed by atoms with Crippen LogP contribution in [0.5, 0.6) is 5.88 Å². The standard InChI is InChI=1S/C13H14N4O/c1-18-13-7-6-12(15-16-13)17-9-8-14-10-4-2-3-5-11(10)17/h2-7,14H,8-9H2,1H3. The van der Waals surface area contributed by atoms with Gasteiger partial charge in [-0.15, -0.1) is 10.2 Å². The first-order valence-corrected chi connectivity index (χ1v) is 5.86. The fourth-order valence-electron chi connectivity index (χ4n) is 2.09. The van der Waals surface area contributed by atoms with Crippen LogP contribution in [0.3, 0.4) is 0 Å². The molecular formula is C13H14N4O. The molecule has 2 heterocycles. The summed E-state index contributed by atoms with van der Waals surface area (Å²) in [4.78, 5) is 2.15. The zero-order chi connectivity index (χ0) is 12.4. The van der Waals surface area contributed by atoms with Gasteiger partial charge in [-0.05, 0) is 18.2 Å². The minimum Gasteiger partial charge on any atom is -0.480 e. The van der Waals surface area contributed by atoms with Crippen LogP contribution in [0, 0.1) is 0 Å². The maximum Gasteiger partial charge on any atom is 0.233 e. The molecule has 0 radical (unpaired) electrons. The second-order valence-electron chi connectivity index (χ2n) is 4.03. The normalized spacial score (nSPS) is 13.7. The SMILES string of the molecule is COc1ccc(N2CCNc3ccccc32)nn1. The number of methoxy groups -OCH3 is 1. The highest BCUT2D eigenvalue weighted by molar-refractivity contribution is 5.77. The van der Waals surface area contributed by atoms with E-state index in [-0.39, 0.29) is 0 Å². The maximum absolute atomic E-state index is 5.02. The lowest BCUT2D eigenvalue weighted by atomic mass is 10.2. The van der Waals surface area contributed by atoms with E-state index in [1.807, 2.05) is 24.3 Å². The number of ether oxygens (including phenoxy) is 1. The summed E-state index contributed by atoms with van der Waals surface area (Å²) in [6.07, 6.45) is 0. The van der Waals surface area contributed by atoms with Gasteiger partial charge in [-0.3, -0.25) is 0 Å². The molecule has 0 saturated carbocycles. The van der Waals surface area contributed by atoms with Crippen LogP contribution in [-0.4, -0.2) is 30.4 Å². The monoisotopic (exact) mass is 242 g/mol. The Balaban J connectivity index is 1.97. The first-order chi connectivity index (χ1) is 8.88. The van der Waals surface area contributed by atoms with Gasteiger partial charge in [0.05, 0.1) is 18.5 Å². The number of aromatic nitrogens is 2. The summed E-state index contributed by atoms with van der Waals surface area (Å²) in [6.45, 7) is 1.77. The van der Waals surface area contributed by atoms with E-state index in [1.54, 1.807) is 7.11 Å². The van der Waals surface area contributed by atoms with Gasteiger partial charge < -0.3 is 15.0 Å². The summed E-state index contributed by atoms with van der Waals surface area (Å²) < 4.78 is 5.02. The van der Waals surface area contributed by atoms with Crippen LogP contribution < -0.4 is 15.0 Å². The number of anilines is 3. The van der Waals surface area contributed by atoms with Crippen molar-refractivity contribution < 1.29 is 4.74 Å². The van der Waals surface area contributed by atoms with Crippen LogP contribution in [0.1, 0.15) is 0 Å². The summed E-state index contributed by atoms with van der Waals surface area (Å²) in [6, 6.07) is 11.9. The van der Waals surface area contributed by atoms with Crippen LogP contribution in [-0.2, 0) is 0 Å². The Kier molecular flexibility index (Phi) is 2.72. The van der Waals surface area contributed by atoms with Crippen LogP contribution in [0.25, 0.3) is 0 Å². The minimum absolute atomic E-state index is 0.530. The van der Waals surface area contributed by atoms with Crippen molar-refractivity contribution in [2.24, 2.45) is 0 Å². The lowest BCUT2D eigenvalue weighted by Crippen LogP contribution is -2.30. The van der Waals surface area contributed by atoms with Crippen molar-refractivity contribution in [3.05, 3.63) is 36.4 Å². The van der Waals surface area contributed by atoms with Gasteiger partial charge in [0.15, 0.2) is 5.82 Å². The molecule has 92 valence electrons. The predicted octanol–water partition coefficient (Wildman–Crippen LogP) is 2.05. The second-order valence-corrected chi connectivity index (χ2v) is 4.03. The quantitative estimate of drug-likeness (QED) is 0.873. The molecule has 2 aromatic rings.